The fraction of sp³-hybridized carbons (Fsp3) is 0.261. The molecule has 3 aromatic heterocycles. The first-order chi connectivity index (χ1) is 18.1. The highest BCUT2D eigenvalue weighted by molar-refractivity contribution is 7.89. The van der Waals surface area contributed by atoms with Gasteiger partial charge < -0.3 is 10.2 Å². The number of halogens is 2. The third kappa shape index (κ3) is 4.99. The van der Waals surface area contributed by atoms with E-state index in [1.54, 1.807) is 25.4 Å². The first-order valence-electron chi connectivity index (χ1n) is 11.4. The Hall–Kier alpha value is -3.46. The fourth-order valence-electron chi connectivity index (χ4n) is 4.18. The molecule has 15 heteroatoms. The van der Waals surface area contributed by atoms with Gasteiger partial charge in [0, 0.05) is 49.1 Å². The van der Waals surface area contributed by atoms with Crippen LogP contribution in [-0.4, -0.2) is 64.3 Å². The van der Waals surface area contributed by atoms with Gasteiger partial charge >= 0.3 is 0 Å². The van der Waals surface area contributed by atoms with Gasteiger partial charge in [0.05, 0.1) is 16.7 Å². The molecule has 5 rings (SSSR count). The van der Waals surface area contributed by atoms with Crippen molar-refractivity contribution >= 4 is 60.7 Å². The average molecular weight is 578 g/mol. The number of piperazine rings is 1. The van der Waals surface area contributed by atoms with Crippen molar-refractivity contribution in [3.63, 3.8) is 0 Å². The van der Waals surface area contributed by atoms with Gasteiger partial charge in [-0.05, 0) is 31.2 Å². The molecule has 1 fully saturated rings. The Balaban J connectivity index is 1.40. The number of aryl methyl sites for hydroxylation is 1. The monoisotopic (exact) mass is 577 g/mol. The number of amides is 1. The van der Waals surface area contributed by atoms with Crippen molar-refractivity contribution in [2.45, 2.75) is 18.4 Å². The molecule has 0 unspecified atom stereocenters. The molecular weight excluding hydrogens is 557 g/mol. The number of thiophene rings is 1. The van der Waals surface area contributed by atoms with E-state index in [9.17, 15) is 22.4 Å². The maximum Gasteiger partial charge on any atom is 0.263 e. The van der Waals surface area contributed by atoms with Gasteiger partial charge in [-0.1, -0.05) is 11.6 Å². The number of aromatic nitrogens is 4. The van der Waals surface area contributed by atoms with Gasteiger partial charge in [-0.2, -0.15) is 4.31 Å². The molecule has 0 radical (unpaired) electrons. The van der Waals surface area contributed by atoms with E-state index in [1.165, 1.54) is 22.8 Å². The first kappa shape index (κ1) is 26.2. The SMILES string of the molecule is Cc1sc2ncn(CC(=O)Nc3ccc(F)c(Cl)c3)c(=O)c2c1S(=O)(=O)N1CCN(c2ncccn2)CC1. The molecule has 0 bridgehead atoms. The lowest BCUT2D eigenvalue weighted by Gasteiger charge is -2.33. The molecule has 4 aromatic rings. The number of hydrogen-bond donors (Lipinski definition) is 1. The fourth-order valence-corrected chi connectivity index (χ4v) is 7.45. The maximum atomic E-state index is 13.7. The number of nitrogens with one attached hydrogen (secondary N) is 1. The van der Waals surface area contributed by atoms with E-state index in [-0.39, 0.29) is 38.9 Å². The zero-order chi connectivity index (χ0) is 27.0. The minimum atomic E-state index is -4.03. The summed E-state index contributed by atoms with van der Waals surface area (Å²) >= 11 is 6.86. The smallest absolute Gasteiger partial charge is 0.263 e. The molecule has 198 valence electrons. The van der Waals surface area contributed by atoms with Crippen LogP contribution in [0.4, 0.5) is 16.0 Å². The number of carbonyl (C=O) groups excluding carboxylic acids is 1. The molecule has 0 aliphatic carbocycles. The predicted molar refractivity (Wildman–Crippen MR) is 142 cm³/mol. The van der Waals surface area contributed by atoms with Gasteiger partial charge in [0.2, 0.25) is 21.9 Å². The van der Waals surface area contributed by atoms with Crippen molar-refractivity contribution in [2.24, 2.45) is 0 Å². The largest absolute Gasteiger partial charge is 0.338 e. The zero-order valence-corrected chi connectivity index (χ0v) is 22.4. The third-order valence-electron chi connectivity index (χ3n) is 5.99. The molecule has 11 nitrogen and oxygen atoms in total. The number of hydrogen-bond acceptors (Lipinski definition) is 9. The molecule has 1 aliphatic rings. The van der Waals surface area contributed by atoms with Crippen molar-refractivity contribution in [3.05, 3.63) is 69.1 Å². The maximum absolute atomic E-state index is 13.7. The summed E-state index contributed by atoms with van der Waals surface area (Å²) in [6.07, 6.45) is 4.45. The highest BCUT2D eigenvalue weighted by Crippen LogP contribution is 2.33. The van der Waals surface area contributed by atoms with E-state index < -0.39 is 33.9 Å². The Morgan fingerprint density at radius 2 is 1.87 bits per heavy atom. The molecule has 1 saturated heterocycles. The second kappa shape index (κ2) is 10.4. The highest BCUT2D eigenvalue weighted by Gasteiger charge is 2.34. The number of fused-ring (bicyclic) bond motifs is 1. The lowest BCUT2D eigenvalue weighted by Crippen LogP contribution is -2.49. The van der Waals surface area contributed by atoms with Gasteiger partial charge in [0.15, 0.2) is 0 Å². The van der Waals surface area contributed by atoms with Crippen LogP contribution < -0.4 is 15.8 Å². The second-order valence-corrected chi connectivity index (χ2v) is 11.9. The van der Waals surface area contributed by atoms with Crippen LogP contribution >= 0.6 is 22.9 Å². The van der Waals surface area contributed by atoms with Crippen LogP contribution in [0, 0.1) is 12.7 Å². The normalized spacial score (nSPS) is 14.7. The van der Waals surface area contributed by atoms with Crippen LogP contribution in [0.25, 0.3) is 10.2 Å². The highest BCUT2D eigenvalue weighted by atomic mass is 35.5. The second-order valence-electron chi connectivity index (χ2n) is 8.46. The van der Waals surface area contributed by atoms with Gasteiger partial charge in [0.25, 0.3) is 5.56 Å². The number of sulfonamides is 1. The predicted octanol–water partition coefficient (Wildman–Crippen LogP) is 2.50. The number of rotatable bonds is 6. The van der Waals surface area contributed by atoms with E-state index in [0.717, 1.165) is 22.0 Å². The lowest BCUT2D eigenvalue weighted by molar-refractivity contribution is -0.116. The Morgan fingerprint density at radius 3 is 2.55 bits per heavy atom. The van der Waals surface area contributed by atoms with Crippen LogP contribution in [0.2, 0.25) is 5.02 Å². The first-order valence-corrected chi connectivity index (χ1v) is 14.0. The van der Waals surface area contributed by atoms with Crippen molar-refractivity contribution < 1.29 is 17.6 Å². The summed E-state index contributed by atoms with van der Waals surface area (Å²) < 4.78 is 43.2. The topological polar surface area (TPSA) is 130 Å². The number of benzene rings is 1. The standard InChI is InChI=1S/C23H21ClFN7O4S2/c1-14-20(38(35,36)32-9-7-30(8-10-32)23-26-5-2-6-27-23)19-21(37-14)28-13-31(22(19)34)12-18(33)29-15-3-4-17(25)16(24)11-15/h2-6,11,13H,7-10,12H2,1H3,(H,29,33). The van der Waals surface area contributed by atoms with Crippen LogP contribution in [-0.2, 0) is 21.4 Å². The minimum Gasteiger partial charge on any atom is -0.338 e. The summed E-state index contributed by atoms with van der Waals surface area (Å²) in [5.41, 5.74) is -0.403. The Bertz CT molecular complexity index is 1690. The van der Waals surface area contributed by atoms with Crippen LogP contribution in [0.3, 0.4) is 0 Å². The van der Waals surface area contributed by atoms with E-state index in [4.69, 9.17) is 11.6 Å². The summed E-state index contributed by atoms with van der Waals surface area (Å²) in [4.78, 5) is 41.1. The molecule has 38 heavy (non-hydrogen) atoms. The Kier molecular flexibility index (Phi) is 7.13. The Labute approximate surface area is 225 Å². The van der Waals surface area contributed by atoms with Crippen molar-refractivity contribution in [1.29, 1.82) is 0 Å². The molecule has 0 atom stereocenters. The number of carbonyl (C=O) groups is 1. The molecular formula is C23H21ClFN7O4S2. The quantitative estimate of drug-likeness (QED) is 0.370. The number of nitrogens with zero attached hydrogens (tertiary/aromatic N) is 6. The molecule has 0 saturated carbocycles. The summed E-state index contributed by atoms with van der Waals surface area (Å²) in [5, 5.41) is 2.32. The zero-order valence-electron chi connectivity index (χ0n) is 20.0. The van der Waals surface area contributed by atoms with Crippen LogP contribution in [0.1, 0.15) is 4.88 Å². The number of anilines is 2. The minimum absolute atomic E-state index is 0.0542. The van der Waals surface area contributed by atoms with Gasteiger partial charge in [0.1, 0.15) is 22.1 Å². The third-order valence-corrected chi connectivity index (χ3v) is 9.49. The molecule has 4 heterocycles. The van der Waals surface area contributed by atoms with E-state index in [1.807, 2.05) is 4.90 Å². The van der Waals surface area contributed by atoms with E-state index >= 15 is 0 Å². The lowest BCUT2D eigenvalue weighted by atomic mass is 10.3. The van der Waals surface area contributed by atoms with Crippen LogP contribution in [0.5, 0.6) is 0 Å². The van der Waals surface area contributed by atoms with Gasteiger partial charge in [-0.15, -0.1) is 11.3 Å². The molecule has 1 N–H and O–H groups in total. The molecule has 1 aromatic carbocycles. The van der Waals surface area contributed by atoms with Gasteiger partial charge in [-0.3, -0.25) is 14.2 Å². The average Bonchev–Trinajstić information content (AvgIpc) is 3.26. The van der Waals surface area contributed by atoms with Gasteiger partial charge in [-0.25, -0.2) is 27.8 Å². The van der Waals surface area contributed by atoms with Crippen molar-refractivity contribution in [1.82, 2.24) is 23.8 Å². The summed E-state index contributed by atoms with van der Waals surface area (Å²) in [5.74, 6) is -0.701. The van der Waals surface area contributed by atoms with Crippen molar-refractivity contribution in [3.8, 4) is 0 Å². The van der Waals surface area contributed by atoms with E-state index in [2.05, 4.69) is 20.3 Å². The summed E-state index contributed by atoms with van der Waals surface area (Å²) in [6, 6.07) is 5.39. The summed E-state index contributed by atoms with van der Waals surface area (Å²) in [6.45, 7) is 2.35. The van der Waals surface area contributed by atoms with E-state index in [0.29, 0.717) is 23.9 Å². The molecule has 1 amide bonds. The van der Waals surface area contributed by atoms with Crippen molar-refractivity contribution in [2.75, 3.05) is 36.4 Å². The molecule has 1 aliphatic heterocycles. The summed E-state index contributed by atoms with van der Waals surface area (Å²) in [7, 11) is -4.03. The van der Waals surface area contributed by atoms with Crippen LogP contribution in [0.15, 0.2) is 52.7 Å². The molecule has 0 spiro atoms. The Morgan fingerprint density at radius 1 is 1.16 bits per heavy atom.